The van der Waals surface area contributed by atoms with Crippen LogP contribution in [0.1, 0.15) is 32.6 Å². The van der Waals surface area contributed by atoms with Crippen LogP contribution in [0.15, 0.2) is 15.7 Å². The fourth-order valence-electron chi connectivity index (χ4n) is 3.16. The first-order valence-electron chi connectivity index (χ1n) is 8.37. The number of carbonyl (C=O) groups excluding carboxylic acids is 1. The van der Waals surface area contributed by atoms with E-state index in [4.69, 9.17) is 0 Å². The summed E-state index contributed by atoms with van der Waals surface area (Å²) >= 11 is 0. The molecule has 7 nitrogen and oxygen atoms in total. The van der Waals surface area contributed by atoms with Gasteiger partial charge in [0, 0.05) is 38.8 Å². The lowest BCUT2D eigenvalue weighted by atomic mass is 9.97. The van der Waals surface area contributed by atoms with Gasteiger partial charge in [-0.25, -0.2) is 4.79 Å². The number of nitrogens with zero attached hydrogens (tertiary/aromatic N) is 3. The first kappa shape index (κ1) is 15.8. The molecule has 1 saturated heterocycles. The maximum Gasteiger partial charge on any atom is 0.332 e. The Morgan fingerprint density at radius 2 is 2.04 bits per heavy atom. The third-order valence-electron chi connectivity index (χ3n) is 4.73. The summed E-state index contributed by atoms with van der Waals surface area (Å²) in [6.07, 6.45) is 3.89. The first-order chi connectivity index (χ1) is 11.0. The molecule has 2 fully saturated rings. The molecule has 1 aromatic heterocycles. The van der Waals surface area contributed by atoms with E-state index in [0.29, 0.717) is 24.9 Å². The fourth-order valence-corrected chi connectivity index (χ4v) is 3.16. The highest BCUT2D eigenvalue weighted by Crippen LogP contribution is 2.24. The number of hydrogen-bond acceptors (Lipinski definition) is 4. The van der Waals surface area contributed by atoms with Gasteiger partial charge in [0.1, 0.15) is 5.82 Å². The standard InChI is InChI=1S/C16H24N4O3/c1-3-20-13(9-14(21)18(2)16(20)23)19-8-4-5-11(10-19)15(22)17-12-6-7-12/h9,11-12H,3-8,10H2,1-2H3,(H,17,22). The fraction of sp³-hybridized carbons (Fsp3) is 0.688. The molecule has 1 aliphatic carbocycles. The Bertz CT molecular complexity index is 717. The molecule has 23 heavy (non-hydrogen) atoms. The van der Waals surface area contributed by atoms with Gasteiger partial charge in [0.05, 0.1) is 5.92 Å². The van der Waals surface area contributed by atoms with Gasteiger partial charge in [0.25, 0.3) is 5.56 Å². The second-order valence-electron chi connectivity index (χ2n) is 6.49. The maximum atomic E-state index is 12.3. The van der Waals surface area contributed by atoms with Gasteiger partial charge in [-0.1, -0.05) is 0 Å². The topological polar surface area (TPSA) is 76.3 Å². The van der Waals surface area contributed by atoms with Gasteiger partial charge in [-0.05, 0) is 32.6 Å². The highest BCUT2D eigenvalue weighted by molar-refractivity contribution is 5.80. The predicted octanol–water partition coefficient (Wildman–Crippen LogP) is 0.0619. The smallest absolute Gasteiger partial charge is 0.332 e. The summed E-state index contributed by atoms with van der Waals surface area (Å²) in [7, 11) is 1.49. The normalized spacial score (nSPS) is 21.3. The monoisotopic (exact) mass is 320 g/mol. The van der Waals surface area contributed by atoms with E-state index in [1.807, 2.05) is 11.8 Å². The lowest BCUT2D eigenvalue weighted by Crippen LogP contribution is -2.47. The summed E-state index contributed by atoms with van der Waals surface area (Å²) in [5.74, 6) is 0.657. The third kappa shape index (κ3) is 3.18. The summed E-state index contributed by atoms with van der Waals surface area (Å²) in [6, 6.07) is 1.86. The van der Waals surface area contributed by atoms with E-state index in [0.717, 1.165) is 36.8 Å². The molecule has 126 valence electrons. The number of hydrogen-bond donors (Lipinski definition) is 1. The number of piperidine rings is 1. The molecule has 2 aliphatic rings. The van der Waals surface area contributed by atoms with Gasteiger partial charge in [0.2, 0.25) is 5.91 Å². The number of amides is 1. The van der Waals surface area contributed by atoms with E-state index in [2.05, 4.69) is 5.32 Å². The van der Waals surface area contributed by atoms with Crippen molar-refractivity contribution in [3.05, 3.63) is 26.9 Å². The van der Waals surface area contributed by atoms with Crippen molar-refractivity contribution in [3.8, 4) is 0 Å². The van der Waals surface area contributed by atoms with Crippen molar-refractivity contribution in [3.63, 3.8) is 0 Å². The molecular formula is C16H24N4O3. The van der Waals surface area contributed by atoms with E-state index in [1.54, 1.807) is 4.57 Å². The Morgan fingerprint density at radius 1 is 1.30 bits per heavy atom. The third-order valence-corrected chi connectivity index (χ3v) is 4.73. The zero-order valence-electron chi connectivity index (χ0n) is 13.7. The van der Waals surface area contributed by atoms with Crippen LogP contribution in [0.3, 0.4) is 0 Å². The number of aromatic nitrogens is 2. The van der Waals surface area contributed by atoms with Crippen LogP contribution in [-0.2, 0) is 18.4 Å². The highest BCUT2D eigenvalue weighted by Gasteiger charge is 2.31. The minimum atomic E-state index is -0.306. The maximum absolute atomic E-state index is 12.3. The number of nitrogens with one attached hydrogen (secondary N) is 1. The van der Waals surface area contributed by atoms with Crippen LogP contribution in [0, 0.1) is 5.92 Å². The molecule has 3 rings (SSSR count). The summed E-state index contributed by atoms with van der Waals surface area (Å²) in [5.41, 5.74) is -0.612. The van der Waals surface area contributed by atoms with Crippen molar-refractivity contribution in [2.45, 2.75) is 45.2 Å². The Balaban J connectivity index is 1.84. The van der Waals surface area contributed by atoms with E-state index in [9.17, 15) is 14.4 Å². The molecule has 1 aromatic rings. The van der Waals surface area contributed by atoms with Crippen LogP contribution in [0.5, 0.6) is 0 Å². The van der Waals surface area contributed by atoms with Crippen LogP contribution in [0.25, 0.3) is 0 Å². The molecule has 0 spiro atoms. The van der Waals surface area contributed by atoms with Gasteiger partial charge in [0.15, 0.2) is 0 Å². The Kier molecular flexibility index (Phi) is 4.28. The van der Waals surface area contributed by atoms with Gasteiger partial charge in [-0.15, -0.1) is 0 Å². The van der Waals surface area contributed by atoms with Crippen molar-refractivity contribution in [2.24, 2.45) is 13.0 Å². The first-order valence-corrected chi connectivity index (χ1v) is 8.37. The van der Waals surface area contributed by atoms with Crippen molar-refractivity contribution in [1.82, 2.24) is 14.5 Å². The summed E-state index contributed by atoms with van der Waals surface area (Å²) in [4.78, 5) is 38.6. The summed E-state index contributed by atoms with van der Waals surface area (Å²) in [5, 5.41) is 3.06. The van der Waals surface area contributed by atoms with Crippen molar-refractivity contribution < 1.29 is 4.79 Å². The largest absolute Gasteiger partial charge is 0.357 e. The van der Waals surface area contributed by atoms with E-state index in [1.165, 1.54) is 13.1 Å². The molecule has 1 atom stereocenters. The highest BCUT2D eigenvalue weighted by atomic mass is 16.2. The average Bonchev–Trinajstić information content (AvgIpc) is 3.36. The number of anilines is 1. The predicted molar refractivity (Wildman–Crippen MR) is 87.7 cm³/mol. The second kappa shape index (κ2) is 6.22. The number of carbonyl (C=O) groups is 1. The lowest BCUT2D eigenvalue weighted by molar-refractivity contribution is -0.125. The minimum Gasteiger partial charge on any atom is -0.357 e. The molecule has 2 heterocycles. The zero-order chi connectivity index (χ0) is 16.6. The van der Waals surface area contributed by atoms with Crippen LogP contribution in [-0.4, -0.2) is 34.2 Å². The second-order valence-corrected chi connectivity index (χ2v) is 6.49. The lowest BCUT2D eigenvalue weighted by Gasteiger charge is -2.34. The van der Waals surface area contributed by atoms with Crippen LogP contribution in [0.2, 0.25) is 0 Å². The molecule has 1 saturated carbocycles. The summed E-state index contributed by atoms with van der Waals surface area (Å²) < 4.78 is 2.72. The van der Waals surface area contributed by atoms with E-state index >= 15 is 0 Å². The van der Waals surface area contributed by atoms with E-state index in [-0.39, 0.29) is 23.1 Å². The molecule has 0 aromatic carbocycles. The molecule has 1 N–H and O–H groups in total. The summed E-state index contributed by atoms with van der Waals surface area (Å²) in [6.45, 7) is 3.71. The van der Waals surface area contributed by atoms with Crippen molar-refractivity contribution in [2.75, 3.05) is 18.0 Å². The quantitative estimate of drug-likeness (QED) is 0.851. The molecule has 1 amide bonds. The van der Waals surface area contributed by atoms with Crippen LogP contribution in [0.4, 0.5) is 5.82 Å². The van der Waals surface area contributed by atoms with Gasteiger partial charge in [-0.2, -0.15) is 0 Å². The van der Waals surface area contributed by atoms with Crippen molar-refractivity contribution in [1.29, 1.82) is 0 Å². The molecule has 1 unspecified atom stereocenters. The Labute approximate surface area is 134 Å². The van der Waals surface area contributed by atoms with E-state index < -0.39 is 0 Å². The molecule has 1 aliphatic heterocycles. The molecule has 0 bridgehead atoms. The minimum absolute atomic E-state index is 0.0752. The average molecular weight is 320 g/mol. The molecular weight excluding hydrogens is 296 g/mol. The van der Waals surface area contributed by atoms with Crippen LogP contribution < -0.4 is 21.5 Å². The van der Waals surface area contributed by atoms with Gasteiger partial charge >= 0.3 is 5.69 Å². The SMILES string of the molecule is CCn1c(N2CCCC(C(=O)NC3CC3)C2)cc(=O)n(C)c1=O. The molecule has 7 heteroatoms. The van der Waals surface area contributed by atoms with Crippen molar-refractivity contribution >= 4 is 11.7 Å². The zero-order valence-corrected chi connectivity index (χ0v) is 13.7. The van der Waals surface area contributed by atoms with Gasteiger partial charge in [-0.3, -0.25) is 18.7 Å². The number of rotatable bonds is 4. The molecule has 0 radical (unpaired) electrons. The Hall–Kier alpha value is -2.05. The van der Waals surface area contributed by atoms with Crippen LogP contribution >= 0.6 is 0 Å². The van der Waals surface area contributed by atoms with Gasteiger partial charge < -0.3 is 10.2 Å². The Morgan fingerprint density at radius 3 is 2.70 bits per heavy atom.